The van der Waals surface area contributed by atoms with Gasteiger partial charge >= 0.3 is 0 Å². The maximum atomic E-state index is 14.0. The molecule has 0 saturated heterocycles. The second-order valence-electron chi connectivity index (χ2n) is 9.64. The summed E-state index contributed by atoms with van der Waals surface area (Å²) in [5, 5.41) is 7.70. The zero-order valence-electron chi connectivity index (χ0n) is 24.1. The first kappa shape index (κ1) is 29.9. The third-order valence-electron chi connectivity index (χ3n) is 6.37. The fourth-order valence-corrected chi connectivity index (χ4v) is 5.69. The molecule has 0 amide bonds. The highest BCUT2D eigenvalue weighted by molar-refractivity contribution is 7.91. The predicted molar refractivity (Wildman–Crippen MR) is 152 cm³/mol. The third-order valence-corrected chi connectivity index (χ3v) is 8.41. The van der Waals surface area contributed by atoms with Crippen molar-refractivity contribution in [3.05, 3.63) is 66.3 Å². The van der Waals surface area contributed by atoms with Gasteiger partial charge in [-0.1, -0.05) is 6.07 Å². The van der Waals surface area contributed by atoms with Crippen molar-refractivity contribution in [3.63, 3.8) is 0 Å². The van der Waals surface area contributed by atoms with E-state index in [2.05, 4.69) is 25.1 Å². The average Bonchev–Trinajstić information content (AvgIpc) is 3.37. The van der Waals surface area contributed by atoms with E-state index in [0.29, 0.717) is 34.3 Å². The topological polar surface area (TPSA) is 140 Å². The summed E-state index contributed by atoms with van der Waals surface area (Å²) in [6.07, 6.45) is 5.09. The predicted octanol–water partition coefficient (Wildman–Crippen LogP) is 3.92. The molecule has 0 spiro atoms. The van der Waals surface area contributed by atoms with Crippen molar-refractivity contribution < 1.29 is 27.4 Å². The van der Waals surface area contributed by atoms with Crippen LogP contribution >= 0.6 is 0 Å². The molecule has 1 aromatic carbocycles. The van der Waals surface area contributed by atoms with E-state index in [-0.39, 0.29) is 17.8 Å². The zero-order valence-corrected chi connectivity index (χ0v) is 24.9. The Bertz CT molecular complexity index is 1570. The number of ether oxygens (including phenoxy) is 4. The van der Waals surface area contributed by atoms with Gasteiger partial charge in [0.15, 0.2) is 33.1 Å². The van der Waals surface area contributed by atoms with Gasteiger partial charge in [0.25, 0.3) is 0 Å². The molecule has 0 N–H and O–H groups in total. The summed E-state index contributed by atoms with van der Waals surface area (Å²) in [6.45, 7) is 7.13. The number of benzene rings is 1. The number of nitrogens with zero attached hydrogens (tertiary/aromatic N) is 6. The van der Waals surface area contributed by atoms with Gasteiger partial charge in [-0.2, -0.15) is 0 Å². The van der Waals surface area contributed by atoms with Gasteiger partial charge in [0.1, 0.15) is 29.0 Å². The minimum atomic E-state index is -3.93. The van der Waals surface area contributed by atoms with Crippen molar-refractivity contribution in [1.82, 2.24) is 29.7 Å². The summed E-state index contributed by atoms with van der Waals surface area (Å²) < 4.78 is 52.1. The Morgan fingerprint density at radius 3 is 2.12 bits per heavy atom. The summed E-state index contributed by atoms with van der Waals surface area (Å²) in [5.74, 6) is 1.66. The number of hydrogen-bond donors (Lipinski definition) is 0. The molecular formula is C28H34N6O6S. The average molecular weight is 583 g/mol. The largest absolute Gasteiger partial charge is 0.494 e. The normalized spacial score (nSPS) is 13.2. The van der Waals surface area contributed by atoms with E-state index in [9.17, 15) is 8.42 Å². The van der Waals surface area contributed by atoms with Gasteiger partial charge in [-0.25, -0.2) is 18.4 Å². The molecule has 0 aliphatic heterocycles. The third kappa shape index (κ3) is 6.46. The number of hydrogen-bond acceptors (Lipinski definition) is 11. The molecule has 0 aliphatic rings. The summed E-state index contributed by atoms with van der Waals surface area (Å²) >= 11 is 0. The van der Waals surface area contributed by atoms with Crippen LogP contribution in [-0.4, -0.2) is 70.8 Å². The van der Waals surface area contributed by atoms with Gasteiger partial charge in [-0.05, 0) is 51.5 Å². The lowest BCUT2D eigenvalue weighted by molar-refractivity contribution is 0.00136. The number of pyridine rings is 1. The van der Waals surface area contributed by atoms with E-state index in [1.54, 1.807) is 42.1 Å². The molecule has 41 heavy (non-hydrogen) atoms. The molecule has 0 unspecified atom stereocenters. The standard InChI is InChI=1S/C28H34N6O6S/c1-17(2)40-26(27-30-14-21(37-5)15-31-27)19(4)41(35,36)16-24-32-33-28(20-11-18(3)12-29-13-20)34(24)25-22(38-6)9-8-10-23(25)39-7/h8-15,17,19,26H,16H2,1-7H3/t19-,26+/m1/s1. The highest BCUT2D eigenvalue weighted by Crippen LogP contribution is 2.37. The Kier molecular flexibility index (Phi) is 9.18. The number of para-hydroxylation sites is 1. The number of methoxy groups -OCH3 is 3. The van der Waals surface area contributed by atoms with Crippen molar-refractivity contribution in [3.8, 4) is 34.3 Å². The number of sulfone groups is 1. The summed E-state index contributed by atoms with van der Waals surface area (Å²) in [6, 6.07) is 7.18. The van der Waals surface area contributed by atoms with Crippen LogP contribution < -0.4 is 14.2 Å². The van der Waals surface area contributed by atoms with Crippen molar-refractivity contribution in [2.24, 2.45) is 0 Å². The molecule has 2 atom stereocenters. The first-order valence-corrected chi connectivity index (χ1v) is 14.6. The summed E-state index contributed by atoms with van der Waals surface area (Å²) in [5.41, 5.74) is 2.01. The maximum absolute atomic E-state index is 14.0. The second kappa shape index (κ2) is 12.6. The highest BCUT2D eigenvalue weighted by Gasteiger charge is 2.36. The molecule has 0 fully saturated rings. The second-order valence-corrected chi connectivity index (χ2v) is 12.0. The smallest absolute Gasteiger partial charge is 0.170 e. The van der Waals surface area contributed by atoms with Crippen LogP contribution in [0.15, 0.2) is 49.1 Å². The van der Waals surface area contributed by atoms with Crippen LogP contribution in [0.1, 0.15) is 44.1 Å². The Labute approximate surface area is 239 Å². The van der Waals surface area contributed by atoms with Gasteiger partial charge in [0, 0.05) is 18.0 Å². The number of rotatable bonds is 12. The molecule has 0 saturated carbocycles. The van der Waals surface area contributed by atoms with Crippen molar-refractivity contribution >= 4 is 9.84 Å². The molecule has 3 heterocycles. The van der Waals surface area contributed by atoms with E-state index >= 15 is 0 Å². The summed E-state index contributed by atoms with van der Waals surface area (Å²) in [4.78, 5) is 12.9. The molecule has 3 aromatic heterocycles. The fraction of sp³-hybridized carbons (Fsp3) is 0.393. The van der Waals surface area contributed by atoms with E-state index in [1.165, 1.54) is 33.7 Å². The quantitative estimate of drug-likeness (QED) is 0.240. The lowest BCUT2D eigenvalue weighted by atomic mass is 10.2. The monoisotopic (exact) mass is 582 g/mol. The van der Waals surface area contributed by atoms with Crippen LogP contribution in [0, 0.1) is 6.92 Å². The van der Waals surface area contributed by atoms with Crippen LogP contribution in [0.3, 0.4) is 0 Å². The van der Waals surface area contributed by atoms with E-state index < -0.39 is 26.9 Å². The van der Waals surface area contributed by atoms with E-state index in [0.717, 1.165) is 5.56 Å². The minimum Gasteiger partial charge on any atom is -0.494 e. The molecule has 4 aromatic rings. The molecular weight excluding hydrogens is 548 g/mol. The van der Waals surface area contributed by atoms with Gasteiger partial charge < -0.3 is 18.9 Å². The molecule has 13 heteroatoms. The molecule has 0 radical (unpaired) electrons. The Hall–Kier alpha value is -4.10. The van der Waals surface area contributed by atoms with Crippen LogP contribution in [-0.2, 0) is 20.3 Å². The SMILES string of the molecule is COc1cnc([C@@H](OC(C)C)[C@@H](C)S(=O)(=O)Cc2nnc(-c3cncc(C)c3)n2-c2c(OC)cccc2OC)nc1. The van der Waals surface area contributed by atoms with Crippen LogP contribution in [0.2, 0.25) is 0 Å². The van der Waals surface area contributed by atoms with Crippen LogP contribution in [0.5, 0.6) is 17.2 Å². The lowest BCUT2D eigenvalue weighted by Gasteiger charge is -2.25. The fourth-order valence-electron chi connectivity index (χ4n) is 4.31. The number of aromatic nitrogens is 6. The molecule has 218 valence electrons. The minimum absolute atomic E-state index is 0.162. The van der Waals surface area contributed by atoms with E-state index in [1.807, 2.05) is 26.8 Å². The van der Waals surface area contributed by atoms with Gasteiger partial charge in [0.05, 0.1) is 45.1 Å². The van der Waals surface area contributed by atoms with Crippen molar-refractivity contribution in [2.45, 2.75) is 50.9 Å². The van der Waals surface area contributed by atoms with Crippen molar-refractivity contribution in [1.29, 1.82) is 0 Å². The molecule has 0 bridgehead atoms. The highest BCUT2D eigenvalue weighted by atomic mass is 32.2. The van der Waals surface area contributed by atoms with Crippen molar-refractivity contribution in [2.75, 3.05) is 21.3 Å². The maximum Gasteiger partial charge on any atom is 0.170 e. The van der Waals surface area contributed by atoms with Gasteiger partial charge in [-0.3, -0.25) is 9.55 Å². The first-order chi connectivity index (χ1) is 19.6. The van der Waals surface area contributed by atoms with Gasteiger partial charge in [-0.15, -0.1) is 10.2 Å². The van der Waals surface area contributed by atoms with Crippen LogP contribution in [0.25, 0.3) is 17.1 Å². The zero-order chi connectivity index (χ0) is 29.7. The Balaban J connectivity index is 1.83. The molecule has 4 rings (SSSR count). The molecule has 0 aliphatic carbocycles. The Morgan fingerprint density at radius 2 is 1.56 bits per heavy atom. The number of aryl methyl sites for hydroxylation is 1. The van der Waals surface area contributed by atoms with Gasteiger partial charge in [0.2, 0.25) is 0 Å². The Morgan fingerprint density at radius 1 is 0.902 bits per heavy atom. The van der Waals surface area contributed by atoms with E-state index in [4.69, 9.17) is 18.9 Å². The molecule has 12 nitrogen and oxygen atoms in total. The lowest BCUT2D eigenvalue weighted by Crippen LogP contribution is -2.32. The summed E-state index contributed by atoms with van der Waals surface area (Å²) in [7, 11) is 0.627. The van der Waals surface area contributed by atoms with Crippen LogP contribution in [0.4, 0.5) is 0 Å². The first-order valence-electron chi connectivity index (χ1n) is 12.9.